The smallest absolute Gasteiger partial charge is 0.0915 e. The fourth-order valence-corrected chi connectivity index (χ4v) is 4.01. The van der Waals surface area contributed by atoms with Gasteiger partial charge >= 0.3 is 0 Å². The van der Waals surface area contributed by atoms with Gasteiger partial charge in [-0.05, 0) is 35.7 Å². The van der Waals surface area contributed by atoms with Gasteiger partial charge in [-0.3, -0.25) is 0 Å². The van der Waals surface area contributed by atoms with E-state index in [0.29, 0.717) is 0 Å². The zero-order chi connectivity index (χ0) is 13.8. The lowest BCUT2D eigenvalue weighted by Gasteiger charge is -2.26. The Morgan fingerprint density at radius 2 is 1.95 bits per heavy atom. The van der Waals surface area contributed by atoms with E-state index in [0.717, 1.165) is 24.4 Å². The molecule has 20 heavy (non-hydrogen) atoms. The van der Waals surface area contributed by atoms with Crippen molar-refractivity contribution in [2.24, 2.45) is 0 Å². The highest BCUT2D eigenvalue weighted by atomic mass is 32.2. The van der Waals surface area contributed by atoms with E-state index in [1.54, 1.807) is 0 Å². The number of aliphatic hydroxyl groups excluding tert-OH is 1. The molecule has 0 aromatic heterocycles. The zero-order valence-corrected chi connectivity index (χ0v) is 12.4. The van der Waals surface area contributed by atoms with Crippen molar-refractivity contribution in [2.45, 2.75) is 30.6 Å². The summed E-state index contributed by atoms with van der Waals surface area (Å²) in [4.78, 5) is 0. The van der Waals surface area contributed by atoms with Crippen LogP contribution < -0.4 is 5.32 Å². The van der Waals surface area contributed by atoms with E-state index in [1.807, 2.05) is 30.0 Å². The second-order valence-electron chi connectivity index (χ2n) is 5.36. The number of benzene rings is 2. The SMILES string of the molecule is OC(c1cccc2ccccc12)C1CCCCNCS1. The van der Waals surface area contributed by atoms with Crippen molar-refractivity contribution in [3.05, 3.63) is 48.0 Å². The Bertz CT molecular complexity index is 558. The Kier molecular flexibility index (Phi) is 4.61. The third-order valence-electron chi connectivity index (χ3n) is 3.99. The van der Waals surface area contributed by atoms with Gasteiger partial charge in [-0.2, -0.15) is 0 Å². The molecule has 2 N–H and O–H groups in total. The quantitative estimate of drug-likeness (QED) is 0.883. The lowest BCUT2D eigenvalue weighted by molar-refractivity contribution is 0.171. The summed E-state index contributed by atoms with van der Waals surface area (Å²) in [5.74, 6) is 0.937. The molecule has 2 nitrogen and oxygen atoms in total. The molecule has 0 amide bonds. The van der Waals surface area contributed by atoms with E-state index in [4.69, 9.17) is 0 Å². The molecule has 1 aliphatic rings. The van der Waals surface area contributed by atoms with Gasteiger partial charge in [-0.1, -0.05) is 48.9 Å². The molecule has 2 unspecified atom stereocenters. The van der Waals surface area contributed by atoms with Crippen LogP contribution in [-0.2, 0) is 0 Å². The molecular weight excluding hydrogens is 266 g/mol. The maximum atomic E-state index is 10.8. The van der Waals surface area contributed by atoms with Crippen LogP contribution in [0.25, 0.3) is 10.8 Å². The van der Waals surface area contributed by atoms with Crippen LogP contribution in [0.4, 0.5) is 0 Å². The second kappa shape index (κ2) is 6.61. The Hall–Kier alpha value is -1.03. The molecule has 1 heterocycles. The van der Waals surface area contributed by atoms with Gasteiger partial charge < -0.3 is 10.4 Å². The van der Waals surface area contributed by atoms with Crippen molar-refractivity contribution in [3.63, 3.8) is 0 Å². The van der Waals surface area contributed by atoms with Crippen LogP contribution in [0.2, 0.25) is 0 Å². The van der Waals surface area contributed by atoms with Gasteiger partial charge in [0.2, 0.25) is 0 Å². The first-order chi connectivity index (χ1) is 9.86. The lowest BCUT2D eigenvalue weighted by Crippen LogP contribution is -2.24. The minimum atomic E-state index is -0.383. The number of hydrogen-bond donors (Lipinski definition) is 2. The topological polar surface area (TPSA) is 32.3 Å². The fourth-order valence-electron chi connectivity index (χ4n) is 2.87. The maximum absolute atomic E-state index is 10.8. The largest absolute Gasteiger partial charge is 0.387 e. The molecule has 0 spiro atoms. The average Bonchev–Trinajstić information content (AvgIpc) is 2.46. The van der Waals surface area contributed by atoms with Crippen LogP contribution >= 0.6 is 11.8 Å². The number of aliphatic hydroxyl groups is 1. The highest BCUT2D eigenvalue weighted by molar-refractivity contribution is 7.99. The van der Waals surface area contributed by atoms with Gasteiger partial charge in [0.1, 0.15) is 0 Å². The first-order valence-corrected chi connectivity index (χ1v) is 8.39. The van der Waals surface area contributed by atoms with Crippen LogP contribution in [0.5, 0.6) is 0 Å². The Labute approximate surface area is 124 Å². The zero-order valence-electron chi connectivity index (χ0n) is 11.6. The van der Waals surface area contributed by atoms with Gasteiger partial charge in [0, 0.05) is 11.1 Å². The predicted molar refractivity (Wildman–Crippen MR) is 87.0 cm³/mol. The van der Waals surface area contributed by atoms with Crippen molar-refractivity contribution >= 4 is 22.5 Å². The molecule has 0 saturated carbocycles. The van der Waals surface area contributed by atoms with E-state index in [9.17, 15) is 5.11 Å². The second-order valence-corrected chi connectivity index (χ2v) is 6.59. The molecule has 106 valence electrons. The van der Waals surface area contributed by atoms with Crippen molar-refractivity contribution in [1.82, 2.24) is 5.32 Å². The number of nitrogens with one attached hydrogen (secondary N) is 1. The van der Waals surface area contributed by atoms with Crippen molar-refractivity contribution < 1.29 is 5.11 Å². The molecule has 3 rings (SSSR count). The van der Waals surface area contributed by atoms with E-state index in [-0.39, 0.29) is 11.4 Å². The summed E-state index contributed by atoms with van der Waals surface area (Å²) in [6, 6.07) is 14.5. The molecule has 0 aliphatic carbocycles. The average molecular weight is 287 g/mol. The van der Waals surface area contributed by atoms with Gasteiger partial charge in [0.15, 0.2) is 0 Å². The minimum Gasteiger partial charge on any atom is -0.387 e. The molecule has 2 atom stereocenters. The highest BCUT2D eigenvalue weighted by Gasteiger charge is 2.23. The number of rotatable bonds is 2. The maximum Gasteiger partial charge on any atom is 0.0915 e. The number of thioether (sulfide) groups is 1. The van der Waals surface area contributed by atoms with E-state index in [1.165, 1.54) is 23.6 Å². The van der Waals surface area contributed by atoms with Crippen LogP contribution in [0, 0.1) is 0 Å². The first kappa shape index (κ1) is 13.9. The van der Waals surface area contributed by atoms with Crippen LogP contribution in [-0.4, -0.2) is 22.8 Å². The summed E-state index contributed by atoms with van der Waals surface area (Å²) >= 11 is 1.85. The molecular formula is C17H21NOS. The third-order valence-corrected chi connectivity index (χ3v) is 5.28. The summed E-state index contributed by atoms with van der Waals surface area (Å²) in [6.07, 6.45) is 3.11. The van der Waals surface area contributed by atoms with Crippen molar-refractivity contribution in [1.29, 1.82) is 0 Å². The summed E-state index contributed by atoms with van der Waals surface area (Å²) in [5, 5.41) is 16.9. The molecule has 3 heteroatoms. The summed E-state index contributed by atoms with van der Waals surface area (Å²) in [5.41, 5.74) is 1.07. The Morgan fingerprint density at radius 1 is 1.10 bits per heavy atom. The highest BCUT2D eigenvalue weighted by Crippen LogP contribution is 2.34. The Balaban J connectivity index is 1.89. The van der Waals surface area contributed by atoms with Crippen molar-refractivity contribution in [3.8, 4) is 0 Å². The fraction of sp³-hybridized carbons (Fsp3) is 0.412. The molecule has 1 saturated heterocycles. The summed E-state index contributed by atoms with van der Waals surface area (Å²) < 4.78 is 0. The Morgan fingerprint density at radius 3 is 2.90 bits per heavy atom. The van der Waals surface area contributed by atoms with E-state index < -0.39 is 0 Å². The molecule has 2 aromatic carbocycles. The van der Waals surface area contributed by atoms with Crippen LogP contribution in [0.15, 0.2) is 42.5 Å². The summed E-state index contributed by atoms with van der Waals surface area (Å²) in [7, 11) is 0. The molecule has 1 fully saturated rings. The van der Waals surface area contributed by atoms with Crippen molar-refractivity contribution in [2.75, 3.05) is 12.4 Å². The van der Waals surface area contributed by atoms with Gasteiger partial charge in [-0.15, -0.1) is 11.8 Å². The third kappa shape index (κ3) is 3.00. The monoisotopic (exact) mass is 287 g/mol. The number of fused-ring (bicyclic) bond motifs is 1. The van der Waals surface area contributed by atoms with Gasteiger partial charge in [0.05, 0.1) is 6.10 Å². The van der Waals surface area contributed by atoms with Crippen LogP contribution in [0.1, 0.15) is 30.9 Å². The minimum absolute atomic E-state index is 0.286. The normalized spacial score (nSPS) is 22.1. The number of hydrogen-bond acceptors (Lipinski definition) is 3. The lowest BCUT2D eigenvalue weighted by atomic mass is 9.96. The molecule has 2 aromatic rings. The summed E-state index contributed by atoms with van der Waals surface area (Å²) in [6.45, 7) is 1.10. The first-order valence-electron chi connectivity index (χ1n) is 7.34. The standard InChI is InChI=1S/C17H21NOS/c19-17(16-10-3-4-11-18-12-20-16)15-9-5-7-13-6-1-2-8-14(13)15/h1-2,5-9,16-19H,3-4,10-12H2. The van der Waals surface area contributed by atoms with E-state index >= 15 is 0 Å². The van der Waals surface area contributed by atoms with Gasteiger partial charge in [0.25, 0.3) is 0 Å². The van der Waals surface area contributed by atoms with E-state index in [2.05, 4.69) is 29.6 Å². The molecule has 1 aliphatic heterocycles. The van der Waals surface area contributed by atoms with Crippen LogP contribution in [0.3, 0.4) is 0 Å². The molecule has 0 radical (unpaired) electrons. The predicted octanol–water partition coefficient (Wildman–Crippen LogP) is 3.71. The molecule has 0 bridgehead atoms. The van der Waals surface area contributed by atoms with Gasteiger partial charge in [-0.25, -0.2) is 0 Å².